The van der Waals surface area contributed by atoms with Crippen molar-refractivity contribution in [2.45, 2.75) is 0 Å². The molecule has 122 valence electrons. The van der Waals surface area contributed by atoms with Crippen molar-refractivity contribution in [3.8, 4) is 11.5 Å². The molecule has 0 unspecified atom stereocenters. The summed E-state index contributed by atoms with van der Waals surface area (Å²) in [6.45, 7) is 0. The fraction of sp³-hybridized carbons (Fsp3) is 0.118. The number of carbonyl (C=O) groups excluding carboxylic acids is 1. The highest BCUT2D eigenvalue weighted by atomic mass is 35.5. The van der Waals surface area contributed by atoms with Crippen LogP contribution in [0.25, 0.3) is 10.9 Å². The van der Waals surface area contributed by atoms with E-state index >= 15 is 0 Å². The summed E-state index contributed by atoms with van der Waals surface area (Å²) in [5.74, 6) is 0.741. The number of fused-ring (bicyclic) bond motifs is 1. The summed E-state index contributed by atoms with van der Waals surface area (Å²) in [7, 11) is 1.65. The van der Waals surface area contributed by atoms with E-state index in [1.54, 1.807) is 49.5 Å². The second kappa shape index (κ2) is 6.72. The van der Waals surface area contributed by atoms with Gasteiger partial charge in [0.15, 0.2) is 0 Å². The molecule has 7 heteroatoms. The first-order valence-electron chi connectivity index (χ1n) is 7.16. The fourth-order valence-electron chi connectivity index (χ4n) is 2.19. The zero-order chi connectivity index (χ0) is 17.1. The molecule has 0 aliphatic heterocycles. The molecule has 0 radical (unpaired) electrons. The van der Waals surface area contributed by atoms with Crippen LogP contribution in [0.4, 0.5) is 5.69 Å². The number of carbonyl (C=O) groups is 1. The van der Waals surface area contributed by atoms with E-state index in [0.717, 1.165) is 0 Å². The van der Waals surface area contributed by atoms with E-state index in [-0.39, 0.29) is 17.3 Å². The number of halogens is 1. The maximum absolute atomic E-state index is 12.1. The molecule has 0 saturated carbocycles. The van der Waals surface area contributed by atoms with Crippen molar-refractivity contribution in [2.24, 2.45) is 7.05 Å². The minimum absolute atomic E-state index is 0.0989. The van der Waals surface area contributed by atoms with Crippen LogP contribution in [0.1, 0.15) is 0 Å². The second-order valence-corrected chi connectivity index (χ2v) is 5.42. The third-order valence-corrected chi connectivity index (χ3v) is 3.63. The van der Waals surface area contributed by atoms with Crippen molar-refractivity contribution < 1.29 is 9.53 Å². The van der Waals surface area contributed by atoms with Crippen LogP contribution in [0.5, 0.6) is 11.5 Å². The van der Waals surface area contributed by atoms with Crippen LogP contribution in [0, 0.1) is 0 Å². The minimum Gasteiger partial charge on any atom is -0.457 e. The average molecular weight is 344 g/mol. The molecule has 0 aliphatic rings. The standard InChI is InChI=1S/C17H14ClN3O3/c1-21-10-19-15-7-6-13(8-14(15)17(21)23)24-12-4-2-11(3-5-12)20-16(22)9-18/h2-8,10H,9H2,1H3,(H,20,22). The number of nitrogens with zero attached hydrogens (tertiary/aromatic N) is 2. The summed E-state index contributed by atoms with van der Waals surface area (Å²) in [4.78, 5) is 27.5. The summed E-state index contributed by atoms with van der Waals surface area (Å²) in [5, 5.41) is 3.13. The number of amides is 1. The summed E-state index contributed by atoms with van der Waals surface area (Å²) < 4.78 is 7.17. The van der Waals surface area contributed by atoms with Crippen LogP contribution in [-0.2, 0) is 11.8 Å². The molecule has 1 aromatic heterocycles. The van der Waals surface area contributed by atoms with Gasteiger partial charge in [-0.2, -0.15) is 0 Å². The Hall–Kier alpha value is -2.86. The predicted molar refractivity (Wildman–Crippen MR) is 92.8 cm³/mol. The van der Waals surface area contributed by atoms with Gasteiger partial charge in [-0.05, 0) is 42.5 Å². The lowest BCUT2D eigenvalue weighted by atomic mass is 10.2. The van der Waals surface area contributed by atoms with Gasteiger partial charge in [-0.15, -0.1) is 11.6 Å². The Labute approximate surface area is 142 Å². The summed E-state index contributed by atoms with van der Waals surface area (Å²) in [5.41, 5.74) is 1.11. The fourth-order valence-corrected chi connectivity index (χ4v) is 2.26. The van der Waals surface area contributed by atoms with Crippen molar-refractivity contribution in [1.29, 1.82) is 0 Å². The average Bonchev–Trinajstić information content (AvgIpc) is 2.60. The smallest absolute Gasteiger partial charge is 0.261 e. The van der Waals surface area contributed by atoms with Crippen molar-refractivity contribution in [3.05, 3.63) is 59.1 Å². The molecule has 0 saturated heterocycles. The molecule has 6 nitrogen and oxygen atoms in total. The Balaban J connectivity index is 1.83. The van der Waals surface area contributed by atoms with Crippen molar-refractivity contribution in [1.82, 2.24) is 9.55 Å². The van der Waals surface area contributed by atoms with Gasteiger partial charge in [0.05, 0.1) is 17.2 Å². The van der Waals surface area contributed by atoms with Crippen LogP contribution >= 0.6 is 11.6 Å². The molecular weight excluding hydrogens is 330 g/mol. The highest BCUT2D eigenvalue weighted by Gasteiger charge is 2.05. The number of ether oxygens (including phenoxy) is 1. The topological polar surface area (TPSA) is 73.2 Å². The Morgan fingerprint density at radius 2 is 1.92 bits per heavy atom. The van der Waals surface area contributed by atoms with E-state index in [2.05, 4.69) is 10.3 Å². The molecule has 1 N–H and O–H groups in total. The Bertz CT molecular complexity index is 951. The molecule has 0 bridgehead atoms. The zero-order valence-corrected chi connectivity index (χ0v) is 13.6. The number of benzene rings is 2. The maximum Gasteiger partial charge on any atom is 0.261 e. The molecule has 3 rings (SSSR count). The summed E-state index contributed by atoms with van der Waals surface area (Å²) >= 11 is 5.44. The highest BCUT2D eigenvalue weighted by molar-refractivity contribution is 6.29. The highest BCUT2D eigenvalue weighted by Crippen LogP contribution is 2.25. The number of alkyl halides is 1. The van der Waals surface area contributed by atoms with Gasteiger partial charge in [0.2, 0.25) is 5.91 Å². The van der Waals surface area contributed by atoms with E-state index in [1.807, 2.05) is 0 Å². The molecule has 24 heavy (non-hydrogen) atoms. The molecule has 3 aromatic rings. The quantitative estimate of drug-likeness (QED) is 0.739. The van der Waals surface area contributed by atoms with E-state index in [4.69, 9.17) is 16.3 Å². The van der Waals surface area contributed by atoms with Crippen molar-refractivity contribution in [2.75, 3.05) is 11.2 Å². The van der Waals surface area contributed by atoms with Gasteiger partial charge in [-0.1, -0.05) is 0 Å². The number of aromatic nitrogens is 2. The molecule has 1 heterocycles. The molecule has 2 aromatic carbocycles. The first-order valence-corrected chi connectivity index (χ1v) is 7.69. The SMILES string of the molecule is Cn1cnc2ccc(Oc3ccc(NC(=O)CCl)cc3)cc2c1=O. The maximum atomic E-state index is 12.1. The lowest BCUT2D eigenvalue weighted by Gasteiger charge is -2.08. The van der Waals surface area contributed by atoms with Gasteiger partial charge in [-0.25, -0.2) is 4.98 Å². The number of aryl methyl sites for hydroxylation is 1. The molecule has 0 fully saturated rings. The normalized spacial score (nSPS) is 10.6. The number of hydrogen-bond donors (Lipinski definition) is 1. The second-order valence-electron chi connectivity index (χ2n) is 5.15. The van der Waals surface area contributed by atoms with Gasteiger partial charge >= 0.3 is 0 Å². The van der Waals surface area contributed by atoms with Gasteiger partial charge in [0.1, 0.15) is 17.4 Å². The van der Waals surface area contributed by atoms with E-state index < -0.39 is 0 Å². The Morgan fingerprint density at radius 3 is 2.62 bits per heavy atom. The monoisotopic (exact) mass is 343 g/mol. The van der Waals surface area contributed by atoms with Crippen molar-refractivity contribution in [3.63, 3.8) is 0 Å². The lowest BCUT2D eigenvalue weighted by molar-refractivity contribution is -0.113. The number of rotatable bonds is 4. The number of hydrogen-bond acceptors (Lipinski definition) is 4. The number of nitrogens with one attached hydrogen (secondary N) is 1. The van der Waals surface area contributed by atoms with Crippen molar-refractivity contribution >= 4 is 34.1 Å². The number of anilines is 1. The van der Waals surface area contributed by atoms with Crippen LogP contribution in [0.15, 0.2) is 53.6 Å². The van der Waals surface area contributed by atoms with Crippen LogP contribution < -0.4 is 15.6 Å². The first-order chi connectivity index (χ1) is 11.6. The lowest BCUT2D eigenvalue weighted by Crippen LogP contribution is -2.16. The Morgan fingerprint density at radius 1 is 1.21 bits per heavy atom. The van der Waals surface area contributed by atoms with Crippen LogP contribution in [-0.4, -0.2) is 21.3 Å². The summed E-state index contributed by atoms with van der Waals surface area (Å²) in [6, 6.07) is 12.0. The van der Waals surface area contributed by atoms with E-state index in [1.165, 1.54) is 10.9 Å². The summed E-state index contributed by atoms with van der Waals surface area (Å²) in [6.07, 6.45) is 1.49. The molecule has 0 spiro atoms. The molecule has 1 amide bonds. The minimum atomic E-state index is -0.275. The zero-order valence-electron chi connectivity index (χ0n) is 12.8. The third-order valence-electron chi connectivity index (χ3n) is 3.38. The van der Waals surface area contributed by atoms with Gasteiger partial charge in [0, 0.05) is 12.7 Å². The van der Waals surface area contributed by atoms with Crippen LogP contribution in [0.3, 0.4) is 0 Å². The van der Waals surface area contributed by atoms with Gasteiger partial charge in [0.25, 0.3) is 5.56 Å². The van der Waals surface area contributed by atoms with E-state index in [0.29, 0.717) is 28.1 Å². The van der Waals surface area contributed by atoms with E-state index in [9.17, 15) is 9.59 Å². The predicted octanol–water partition coefficient (Wildman–Crippen LogP) is 2.90. The molecular formula is C17H14ClN3O3. The van der Waals surface area contributed by atoms with Gasteiger partial charge < -0.3 is 14.6 Å². The van der Waals surface area contributed by atoms with Crippen LogP contribution in [0.2, 0.25) is 0 Å². The largest absolute Gasteiger partial charge is 0.457 e. The third kappa shape index (κ3) is 3.38. The first kappa shape index (κ1) is 16.0. The molecule has 0 atom stereocenters. The molecule has 0 aliphatic carbocycles. The Kier molecular flexibility index (Phi) is 4.48. The van der Waals surface area contributed by atoms with Gasteiger partial charge in [-0.3, -0.25) is 9.59 Å².